The van der Waals surface area contributed by atoms with Gasteiger partial charge in [-0.15, -0.1) is 12.4 Å². The lowest BCUT2D eigenvalue weighted by Crippen LogP contribution is -2.50. The number of piperazine rings is 1. The second-order valence-corrected chi connectivity index (χ2v) is 4.87. The number of carbonyl (C=O) groups is 1. The lowest BCUT2D eigenvalue weighted by atomic mass is 10.2. The van der Waals surface area contributed by atoms with Crippen LogP contribution in [0.25, 0.3) is 6.08 Å². The van der Waals surface area contributed by atoms with Gasteiger partial charge >= 0.3 is 0 Å². The normalized spacial score (nSPS) is 18.4. The Labute approximate surface area is 130 Å². The minimum Gasteiger partial charge on any atom is -0.494 e. The highest BCUT2D eigenvalue weighted by atomic mass is 35.5. The summed E-state index contributed by atoms with van der Waals surface area (Å²) >= 11 is 0. The number of nitrogens with one attached hydrogen (secondary N) is 1. The molecule has 1 atom stereocenters. The molecule has 0 bridgehead atoms. The van der Waals surface area contributed by atoms with E-state index in [1.54, 1.807) is 23.1 Å². The number of methoxy groups -OCH3 is 1. The van der Waals surface area contributed by atoms with Gasteiger partial charge in [0.15, 0.2) is 11.6 Å². The summed E-state index contributed by atoms with van der Waals surface area (Å²) in [7, 11) is 1.42. The number of hydrogen-bond acceptors (Lipinski definition) is 3. The molecule has 2 rings (SSSR count). The van der Waals surface area contributed by atoms with Crippen LogP contribution in [0.1, 0.15) is 12.5 Å². The molecule has 1 fully saturated rings. The van der Waals surface area contributed by atoms with Crippen LogP contribution in [0, 0.1) is 5.82 Å². The van der Waals surface area contributed by atoms with Gasteiger partial charge in [-0.05, 0) is 30.7 Å². The van der Waals surface area contributed by atoms with Crippen molar-refractivity contribution in [1.82, 2.24) is 10.2 Å². The molecular formula is C15H20ClFN2O2. The van der Waals surface area contributed by atoms with Crippen LogP contribution < -0.4 is 10.1 Å². The fourth-order valence-electron chi connectivity index (χ4n) is 2.19. The van der Waals surface area contributed by atoms with E-state index in [0.717, 1.165) is 6.54 Å². The van der Waals surface area contributed by atoms with Gasteiger partial charge in [0.25, 0.3) is 0 Å². The van der Waals surface area contributed by atoms with E-state index in [0.29, 0.717) is 24.7 Å². The minimum atomic E-state index is -0.433. The molecule has 1 unspecified atom stereocenters. The van der Waals surface area contributed by atoms with E-state index in [1.165, 1.54) is 19.3 Å². The van der Waals surface area contributed by atoms with Crippen molar-refractivity contribution in [3.05, 3.63) is 35.7 Å². The molecule has 0 aliphatic carbocycles. The molecule has 0 aromatic heterocycles. The lowest BCUT2D eigenvalue weighted by Gasteiger charge is -2.31. The molecule has 1 aromatic rings. The van der Waals surface area contributed by atoms with Crippen molar-refractivity contribution in [3.63, 3.8) is 0 Å². The summed E-state index contributed by atoms with van der Waals surface area (Å²) in [4.78, 5) is 13.8. The summed E-state index contributed by atoms with van der Waals surface area (Å²) in [6, 6.07) is 4.92. The average molecular weight is 315 g/mol. The van der Waals surface area contributed by atoms with E-state index < -0.39 is 5.82 Å². The highest BCUT2D eigenvalue weighted by Crippen LogP contribution is 2.18. The minimum absolute atomic E-state index is 0. The smallest absolute Gasteiger partial charge is 0.246 e. The highest BCUT2D eigenvalue weighted by molar-refractivity contribution is 5.91. The summed E-state index contributed by atoms with van der Waals surface area (Å²) in [5, 5.41) is 3.28. The first kappa shape index (κ1) is 17.5. The molecule has 1 heterocycles. The molecule has 1 aliphatic rings. The van der Waals surface area contributed by atoms with Crippen molar-refractivity contribution in [2.75, 3.05) is 26.7 Å². The van der Waals surface area contributed by atoms with Crippen molar-refractivity contribution in [2.24, 2.45) is 0 Å². The van der Waals surface area contributed by atoms with Gasteiger partial charge in [0.1, 0.15) is 0 Å². The monoisotopic (exact) mass is 314 g/mol. The van der Waals surface area contributed by atoms with Gasteiger partial charge in [0.05, 0.1) is 7.11 Å². The van der Waals surface area contributed by atoms with Crippen LogP contribution in [0.2, 0.25) is 0 Å². The first-order valence-corrected chi connectivity index (χ1v) is 6.64. The second kappa shape index (κ2) is 8.00. The van der Waals surface area contributed by atoms with Crippen molar-refractivity contribution < 1.29 is 13.9 Å². The average Bonchev–Trinajstić information content (AvgIpc) is 2.45. The predicted molar refractivity (Wildman–Crippen MR) is 83.3 cm³/mol. The number of halogens is 2. The Kier molecular flexibility index (Phi) is 6.65. The number of rotatable bonds is 3. The van der Waals surface area contributed by atoms with Crippen LogP contribution in [-0.4, -0.2) is 43.6 Å². The Morgan fingerprint density at radius 3 is 2.90 bits per heavy atom. The topological polar surface area (TPSA) is 41.6 Å². The van der Waals surface area contributed by atoms with Crippen LogP contribution in [0.5, 0.6) is 5.75 Å². The first-order valence-electron chi connectivity index (χ1n) is 6.64. The van der Waals surface area contributed by atoms with Crippen LogP contribution in [0.3, 0.4) is 0 Å². The second-order valence-electron chi connectivity index (χ2n) is 4.87. The zero-order chi connectivity index (χ0) is 14.5. The van der Waals surface area contributed by atoms with Crippen LogP contribution in [0.4, 0.5) is 4.39 Å². The Hall–Kier alpha value is -1.59. The number of amides is 1. The molecular weight excluding hydrogens is 295 g/mol. The number of benzene rings is 1. The van der Waals surface area contributed by atoms with Crippen molar-refractivity contribution in [2.45, 2.75) is 13.0 Å². The molecule has 0 saturated carbocycles. The van der Waals surface area contributed by atoms with Gasteiger partial charge in [-0.1, -0.05) is 6.07 Å². The summed E-state index contributed by atoms with van der Waals surface area (Å²) in [5.74, 6) is -0.281. The largest absolute Gasteiger partial charge is 0.494 e. The van der Waals surface area contributed by atoms with Gasteiger partial charge in [-0.3, -0.25) is 4.79 Å². The number of ether oxygens (including phenoxy) is 1. The van der Waals surface area contributed by atoms with Crippen LogP contribution in [-0.2, 0) is 4.79 Å². The van der Waals surface area contributed by atoms with E-state index in [1.807, 2.05) is 6.92 Å². The molecule has 1 N–H and O–H groups in total. The number of hydrogen-bond donors (Lipinski definition) is 1. The van der Waals surface area contributed by atoms with Gasteiger partial charge in [-0.25, -0.2) is 4.39 Å². The van der Waals surface area contributed by atoms with Crippen molar-refractivity contribution in [3.8, 4) is 5.75 Å². The third-order valence-electron chi connectivity index (χ3n) is 3.27. The molecule has 1 aliphatic heterocycles. The van der Waals surface area contributed by atoms with E-state index in [4.69, 9.17) is 4.74 Å². The summed E-state index contributed by atoms with van der Waals surface area (Å²) in [5.41, 5.74) is 0.639. The first-order chi connectivity index (χ1) is 9.60. The SMILES string of the molecule is COc1ccc(C=CC(=O)N2CCNC(C)C2)cc1F.Cl. The summed E-state index contributed by atoms with van der Waals surface area (Å²) in [6.45, 7) is 4.24. The maximum absolute atomic E-state index is 13.5. The summed E-state index contributed by atoms with van der Waals surface area (Å²) in [6.07, 6.45) is 3.11. The highest BCUT2D eigenvalue weighted by Gasteiger charge is 2.18. The Morgan fingerprint density at radius 1 is 1.52 bits per heavy atom. The van der Waals surface area contributed by atoms with Gasteiger partial charge in [0, 0.05) is 31.8 Å². The van der Waals surface area contributed by atoms with Crippen LogP contribution in [0.15, 0.2) is 24.3 Å². The van der Waals surface area contributed by atoms with E-state index in [2.05, 4.69) is 5.32 Å². The molecule has 6 heteroatoms. The Balaban J connectivity index is 0.00000220. The fourth-order valence-corrected chi connectivity index (χ4v) is 2.19. The third kappa shape index (κ3) is 4.72. The molecule has 0 spiro atoms. The molecule has 4 nitrogen and oxygen atoms in total. The lowest BCUT2D eigenvalue weighted by molar-refractivity contribution is -0.127. The van der Waals surface area contributed by atoms with E-state index >= 15 is 0 Å². The zero-order valence-electron chi connectivity index (χ0n) is 12.1. The zero-order valence-corrected chi connectivity index (χ0v) is 13.0. The van der Waals surface area contributed by atoms with E-state index in [-0.39, 0.29) is 24.1 Å². The maximum Gasteiger partial charge on any atom is 0.246 e. The molecule has 0 radical (unpaired) electrons. The standard InChI is InChI=1S/C15H19FN2O2.ClH/c1-11-10-18(8-7-17-11)15(19)6-4-12-3-5-14(20-2)13(16)9-12;/h3-6,9,11,17H,7-8,10H2,1-2H3;1H. The number of carbonyl (C=O) groups excluding carboxylic acids is 1. The van der Waals surface area contributed by atoms with E-state index in [9.17, 15) is 9.18 Å². The number of nitrogens with zero attached hydrogens (tertiary/aromatic N) is 1. The molecule has 1 saturated heterocycles. The van der Waals surface area contributed by atoms with Crippen LogP contribution >= 0.6 is 12.4 Å². The van der Waals surface area contributed by atoms with Crippen molar-refractivity contribution in [1.29, 1.82) is 0 Å². The van der Waals surface area contributed by atoms with Gasteiger partial charge in [0.2, 0.25) is 5.91 Å². The van der Waals surface area contributed by atoms with Gasteiger partial charge in [-0.2, -0.15) is 0 Å². The quantitative estimate of drug-likeness (QED) is 0.869. The molecule has 21 heavy (non-hydrogen) atoms. The fraction of sp³-hybridized carbons (Fsp3) is 0.400. The molecule has 116 valence electrons. The molecule has 1 aromatic carbocycles. The van der Waals surface area contributed by atoms with Crippen molar-refractivity contribution >= 4 is 24.4 Å². The predicted octanol–water partition coefficient (Wildman–Crippen LogP) is 2.09. The third-order valence-corrected chi connectivity index (χ3v) is 3.27. The van der Waals surface area contributed by atoms with Gasteiger partial charge < -0.3 is 15.0 Å². The Morgan fingerprint density at radius 2 is 2.29 bits per heavy atom. The Bertz CT molecular complexity index is 522. The maximum atomic E-state index is 13.5. The molecule has 1 amide bonds. The summed E-state index contributed by atoms with van der Waals surface area (Å²) < 4.78 is 18.4.